The molecule has 130 heavy (non-hydrogen) atoms. The molecule has 0 spiro atoms. The second kappa shape index (κ2) is 37.2. The standard InChI is InChI=1S/C26H22BrN3OSi.C26H22ClN3OSi.C26H22IN3OSi.C26H22N4O3Si/c3*1-32(2,3)14-12-18-10-11-22-20(15-18)25(19-7-4-5-8-21(19)27)28-16-23-26(29-17-30(22)23)24-9-6-13-31-24;1-34(2,3)14-12-18-10-11-21-20(15-18)25(19-7-4-5-8-22(19)30(31)32)27-16-23-26(28-17-29(21)23)24-9-6-13-33-24/h3*4-11,13,15,17H,16H2,1-3H3;4-11,13,15,17H,16H2,1-3H3. The summed E-state index contributed by atoms with van der Waals surface area (Å²) in [5.74, 6) is 16.4. The van der Waals surface area contributed by atoms with Gasteiger partial charge in [-0.3, -0.25) is 48.4 Å². The first-order valence-electron chi connectivity index (χ1n) is 42.3. The summed E-state index contributed by atoms with van der Waals surface area (Å²) in [4.78, 5) is 50.1. The Labute approximate surface area is 785 Å². The highest BCUT2D eigenvalue weighted by molar-refractivity contribution is 14.1. The minimum absolute atomic E-state index is 0.0155. The smallest absolute Gasteiger partial charge is 0.278 e. The van der Waals surface area contributed by atoms with Crippen molar-refractivity contribution in [3.05, 3.63) is 381 Å². The Balaban J connectivity index is 0.000000121. The van der Waals surface area contributed by atoms with E-state index in [2.05, 4.69) is 282 Å². The Morgan fingerprint density at radius 2 is 0.638 bits per heavy atom. The zero-order valence-corrected chi connectivity index (χ0v) is 82.1. The zero-order chi connectivity index (χ0) is 90.8. The number of halogens is 3. The minimum atomic E-state index is -1.58. The maximum atomic E-state index is 11.8. The van der Waals surface area contributed by atoms with E-state index in [0.29, 0.717) is 53.9 Å². The number of rotatable bonds is 9. The van der Waals surface area contributed by atoms with Crippen molar-refractivity contribution in [2.45, 2.75) is 105 Å². The first-order valence-corrected chi connectivity index (χ1v) is 58.6. The van der Waals surface area contributed by atoms with Gasteiger partial charge in [-0.05, 0) is 168 Å². The van der Waals surface area contributed by atoms with Crippen molar-refractivity contribution >= 4 is 111 Å². The summed E-state index contributed by atoms with van der Waals surface area (Å²) in [6.45, 7) is 28.6. The number of hydrogen-bond donors (Lipinski definition) is 0. The number of aliphatic imine (C=N–C) groups is 4. The van der Waals surface area contributed by atoms with Crippen LogP contribution in [0.3, 0.4) is 0 Å². The van der Waals surface area contributed by atoms with Gasteiger partial charge >= 0.3 is 0 Å². The van der Waals surface area contributed by atoms with Crippen LogP contribution in [0.4, 0.5) is 5.69 Å². The van der Waals surface area contributed by atoms with Gasteiger partial charge in [-0.2, -0.15) is 0 Å². The van der Waals surface area contributed by atoms with Crippen molar-refractivity contribution in [2.75, 3.05) is 0 Å². The van der Waals surface area contributed by atoms with E-state index in [1.807, 2.05) is 133 Å². The van der Waals surface area contributed by atoms with Crippen molar-refractivity contribution in [3.63, 3.8) is 0 Å². The van der Waals surface area contributed by atoms with Crippen LogP contribution in [0.1, 0.15) is 89.5 Å². The summed E-state index contributed by atoms with van der Waals surface area (Å²) < 4.78 is 33.0. The fourth-order valence-electron chi connectivity index (χ4n) is 15.2. The summed E-state index contributed by atoms with van der Waals surface area (Å²) in [6.07, 6.45) is 13.9. The predicted octanol–water partition coefficient (Wildman–Crippen LogP) is 24.8. The Bertz CT molecular complexity index is 6950. The Morgan fingerprint density at radius 1 is 0.354 bits per heavy atom. The van der Waals surface area contributed by atoms with Crippen LogP contribution >= 0.6 is 50.1 Å². The van der Waals surface area contributed by atoms with Crippen LogP contribution in [0.25, 0.3) is 68.6 Å². The van der Waals surface area contributed by atoms with Crippen LogP contribution in [0.2, 0.25) is 83.6 Å². The lowest BCUT2D eigenvalue weighted by atomic mass is 9.97. The predicted molar refractivity (Wildman–Crippen MR) is 541 cm³/mol. The molecule has 0 amide bonds. The third-order valence-electron chi connectivity index (χ3n) is 21.1. The lowest BCUT2D eigenvalue weighted by Gasteiger charge is -2.13. The third kappa shape index (κ3) is 19.5. The van der Waals surface area contributed by atoms with E-state index in [9.17, 15) is 10.1 Å². The molecule has 26 heteroatoms. The van der Waals surface area contributed by atoms with Gasteiger partial charge in [0.05, 0.1) is 130 Å². The molecule has 12 heterocycles. The van der Waals surface area contributed by atoms with E-state index in [1.165, 1.54) is 9.64 Å². The van der Waals surface area contributed by atoms with Gasteiger partial charge in [0, 0.05) is 80.3 Å². The van der Waals surface area contributed by atoms with Crippen LogP contribution in [0, 0.1) is 59.5 Å². The highest BCUT2D eigenvalue weighted by atomic mass is 127. The van der Waals surface area contributed by atoms with Crippen LogP contribution < -0.4 is 0 Å². The molecule has 0 fully saturated rings. The number of furan rings is 4. The molecule has 4 aliphatic rings. The molecule has 0 aliphatic carbocycles. The van der Waals surface area contributed by atoms with Crippen molar-refractivity contribution < 1.29 is 22.6 Å². The number of nitro benzene ring substituents is 1. The van der Waals surface area contributed by atoms with Crippen LogP contribution in [0.15, 0.2) is 311 Å². The minimum Gasteiger partial charge on any atom is -0.463 e. The van der Waals surface area contributed by atoms with Crippen LogP contribution in [0.5, 0.6) is 0 Å². The molecule has 0 saturated heterocycles. The number of imidazole rings is 4. The molecule has 0 radical (unpaired) electrons. The number of fused-ring (bicyclic) bond motifs is 12. The Kier molecular flexibility index (Phi) is 25.3. The molecule has 8 aromatic carbocycles. The molecule has 0 unspecified atom stereocenters. The molecule has 8 aromatic heterocycles. The van der Waals surface area contributed by atoms with Gasteiger partial charge in [-0.1, -0.05) is 197 Å². The zero-order valence-electron chi connectivity index (χ0n) is 73.6. The molecular weight excluding hydrogens is 1880 g/mol. The molecule has 642 valence electrons. The average molecular weight is 1970 g/mol. The molecule has 4 aliphatic heterocycles. The quantitative estimate of drug-likeness (QED) is 0.0438. The van der Waals surface area contributed by atoms with E-state index in [4.69, 9.17) is 49.2 Å². The highest BCUT2D eigenvalue weighted by Crippen LogP contribution is 2.40. The largest absolute Gasteiger partial charge is 0.463 e. The van der Waals surface area contributed by atoms with E-state index in [1.54, 1.807) is 49.6 Å². The monoisotopic (exact) mass is 1970 g/mol. The first-order chi connectivity index (χ1) is 62.5. The molecule has 0 N–H and O–H groups in total. The van der Waals surface area contributed by atoms with Gasteiger partial charge in [-0.15, -0.1) is 22.2 Å². The van der Waals surface area contributed by atoms with Crippen LogP contribution in [-0.2, 0) is 26.2 Å². The summed E-state index contributed by atoms with van der Waals surface area (Å²) in [5, 5.41) is 12.5. The maximum absolute atomic E-state index is 11.8. The number of hydrogen-bond acceptors (Lipinski definition) is 14. The topological polar surface area (TPSA) is 216 Å². The molecule has 19 nitrogen and oxygen atoms in total. The lowest BCUT2D eigenvalue weighted by molar-refractivity contribution is -0.385. The second-order valence-corrected chi connectivity index (χ2v) is 56.8. The SMILES string of the molecule is C[Si](C)(C)C#Cc1ccc2c(c1)C(c1ccccc1Br)=NCc1c(-c3ccco3)ncn1-2.C[Si](C)(C)C#Cc1ccc2c(c1)C(c1ccccc1Cl)=NCc1c(-c3ccco3)ncn1-2.C[Si](C)(C)C#Cc1ccc2c(c1)C(c1ccccc1I)=NCc1c(-c3ccco3)ncn1-2.C[Si](C)(C)C#Cc1ccc2c(c1)C(c1ccccc1[N+](=O)[O-])=NCc1c(-c3ccco3)ncn1-2. The second-order valence-electron chi connectivity index (χ2n) is 35.3. The van der Waals surface area contributed by atoms with Gasteiger partial charge in [0.1, 0.15) is 80.4 Å². The van der Waals surface area contributed by atoms with E-state index in [0.717, 1.165) is 163 Å². The first kappa shape index (κ1) is 88.4. The van der Waals surface area contributed by atoms with Crippen molar-refractivity contribution in [1.29, 1.82) is 0 Å². The van der Waals surface area contributed by atoms with Gasteiger partial charge in [0.15, 0.2) is 23.0 Å². The van der Waals surface area contributed by atoms with Gasteiger partial charge in [0.2, 0.25) is 0 Å². The number of benzene rings is 8. The molecule has 16 aromatic rings. The number of nitrogens with zero attached hydrogens (tertiary/aromatic N) is 13. The molecular formula is C104H88BrClIN13O6Si4. The Morgan fingerprint density at radius 3 is 0.946 bits per heavy atom. The van der Waals surface area contributed by atoms with Crippen molar-refractivity contribution in [2.24, 2.45) is 20.0 Å². The summed E-state index contributed by atoms with van der Waals surface area (Å²) in [7, 11) is -6.04. The van der Waals surface area contributed by atoms with Gasteiger partial charge < -0.3 is 17.7 Å². The summed E-state index contributed by atoms with van der Waals surface area (Å²) >= 11 is 12.7. The number of nitro groups is 1. The molecule has 0 saturated carbocycles. The number of aromatic nitrogens is 8. The fraction of sp³-hybridized carbons (Fsp3) is 0.154. The summed E-state index contributed by atoms with van der Waals surface area (Å²) in [5.41, 5.74) is 39.4. The van der Waals surface area contributed by atoms with Crippen molar-refractivity contribution in [1.82, 2.24) is 38.2 Å². The van der Waals surface area contributed by atoms with Gasteiger partial charge in [-0.25, -0.2) is 19.9 Å². The normalized spacial score (nSPS) is 12.8. The van der Waals surface area contributed by atoms with E-state index >= 15 is 0 Å². The van der Waals surface area contributed by atoms with E-state index in [-0.39, 0.29) is 10.6 Å². The summed E-state index contributed by atoms with van der Waals surface area (Å²) in [6, 6.07) is 71.2. The highest BCUT2D eigenvalue weighted by Gasteiger charge is 2.32. The third-order valence-corrected chi connectivity index (χ3v) is 26.6. The van der Waals surface area contributed by atoms with Crippen LogP contribution in [-0.4, -0.2) is 98.3 Å². The lowest BCUT2D eigenvalue weighted by Crippen LogP contribution is -2.16. The van der Waals surface area contributed by atoms with Gasteiger partial charge in [0.25, 0.3) is 5.69 Å². The van der Waals surface area contributed by atoms with Crippen molar-refractivity contribution in [3.8, 4) is 114 Å². The maximum Gasteiger partial charge on any atom is 0.278 e. The number of para-hydroxylation sites is 1. The molecule has 0 atom stereocenters. The Hall–Kier alpha value is -13.6. The molecule has 20 rings (SSSR count). The average Bonchev–Trinajstić information content (AvgIpc) is 1.63. The molecule has 0 bridgehead atoms. The van der Waals surface area contributed by atoms with E-state index < -0.39 is 32.3 Å². The fourth-order valence-corrected chi connectivity index (χ4v) is 18.6.